The number of nitrogens with one attached hydrogen (secondary N) is 1. The van der Waals surface area contributed by atoms with Crippen molar-refractivity contribution in [3.63, 3.8) is 0 Å². The second kappa shape index (κ2) is 4.44. The van der Waals surface area contributed by atoms with Gasteiger partial charge >= 0.3 is 11.9 Å². The van der Waals surface area contributed by atoms with Gasteiger partial charge in [-0.3, -0.25) is 14.4 Å². The van der Waals surface area contributed by atoms with E-state index in [-0.39, 0.29) is 0 Å². The molecule has 6 nitrogen and oxygen atoms in total. The van der Waals surface area contributed by atoms with Crippen molar-refractivity contribution in [1.29, 1.82) is 0 Å². The molecule has 0 bridgehead atoms. The van der Waals surface area contributed by atoms with Crippen LogP contribution in [0.25, 0.3) is 0 Å². The summed E-state index contributed by atoms with van der Waals surface area (Å²) in [5.41, 5.74) is 0. The van der Waals surface area contributed by atoms with Gasteiger partial charge < -0.3 is 15.5 Å². The molecule has 0 aliphatic heterocycles. The van der Waals surface area contributed by atoms with Gasteiger partial charge in [-0.15, -0.1) is 0 Å². The van der Waals surface area contributed by atoms with Crippen LogP contribution in [-0.4, -0.2) is 34.1 Å². The third-order valence-electron chi connectivity index (χ3n) is 1.49. The van der Waals surface area contributed by atoms with E-state index in [1.54, 1.807) is 0 Å². The molecule has 0 radical (unpaired) electrons. The molecule has 2 atom stereocenters. The van der Waals surface area contributed by atoms with Gasteiger partial charge in [0.1, 0.15) is 12.0 Å². The topological polar surface area (TPSA) is 104 Å². The van der Waals surface area contributed by atoms with E-state index in [0.717, 1.165) is 0 Å². The molecule has 0 spiro atoms. The summed E-state index contributed by atoms with van der Waals surface area (Å²) in [6, 6.07) is -1.07. The van der Waals surface area contributed by atoms with E-state index in [1.807, 2.05) is 5.32 Å². The summed E-state index contributed by atoms with van der Waals surface area (Å²) < 4.78 is 0. The molecule has 0 aromatic carbocycles. The predicted octanol–water partition coefficient (Wildman–Crippen LogP) is -0.704. The van der Waals surface area contributed by atoms with Crippen molar-refractivity contribution >= 4 is 17.8 Å². The first-order chi connectivity index (χ1) is 5.86. The molecule has 0 aliphatic carbocycles. The Labute approximate surface area is 74.6 Å². The fourth-order valence-electron chi connectivity index (χ4n) is 0.512. The molecule has 1 amide bonds. The highest BCUT2D eigenvalue weighted by atomic mass is 16.4. The number of amides is 1. The van der Waals surface area contributed by atoms with Crippen LogP contribution in [0, 0.1) is 5.92 Å². The second-order valence-corrected chi connectivity index (χ2v) is 2.63. The summed E-state index contributed by atoms with van der Waals surface area (Å²) in [7, 11) is 0. The van der Waals surface area contributed by atoms with E-state index in [4.69, 9.17) is 10.2 Å². The van der Waals surface area contributed by atoms with Gasteiger partial charge in [0, 0.05) is 0 Å². The van der Waals surface area contributed by atoms with Crippen LogP contribution in [0.2, 0.25) is 0 Å². The molecule has 0 heterocycles. The molecule has 3 N–H and O–H groups in total. The lowest BCUT2D eigenvalue weighted by molar-refractivity contribution is -0.148. The summed E-state index contributed by atoms with van der Waals surface area (Å²) in [6.07, 6.45) is 0. The van der Waals surface area contributed by atoms with E-state index < -0.39 is 29.8 Å². The largest absolute Gasteiger partial charge is 0.481 e. The van der Waals surface area contributed by atoms with Gasteiger partial charge in [-0.25, -0.2) is 0 Å². The smallest absolute Gasteiger partial charge is 0.325 e. The number of carbonyl (C=O) groups is 3. The zero-order valence-corrected chi connectivity index (χ0v) is 7.27. The van der Waals surface area contributed by atoms with E-state index in [9.17, 15) is 14.4 Å². The molecule has 0 saturated carbocycles. The quantitative estimate of drug-likeness (QED) is 0.507. The standard InChI is InChI=1S/C7H11NO5/c1-3(6(10)11)5(9)8-4(2)7(12)13/h3-4H,1-2H3,(H,8,9)(H,10,11)(H,12,13). The van der Waals surface area contributed by atoms with Crippen LogP contribution in [0.3, 0.4) is 0 Å². The molecule has 0 saturated heterocycles. The zero-order valence-electron chi connectivity index (χ0n) is 7.27. The monoisotopic (exact) mass is 189 g/mol. The number of hydrogen-bond donors (Lipinski definition) is 3. The fraction of sp³-hybridized carbons (Fsp3) is 0.571. The zero-order chi connectivity index (χ0) is 10.6. The summed E-state index contributed by atoms with van der Waals surface area (Å²) in [6.45, 7) is 2.45. The van der Waals surface area contributed by atoms with Crippen molar-refractivity contribution < 1.29 is 24.6 Å². The Hall–Kier alpha value is -1.59. The number of hydrogen-bond acceptors (Lipinski definition) is 3. The maximum absolute atomic E-state index is 10.9. The van der Waals surface area contributed by atoms with Crippen LogP contribution in [-0.2, 0) is 14.4 Å². The number of carbonyl (C=O) groups excluding carboxylic acids is 1. The minimum atomic E-state index is -1.28. The molecular formula is C7H11NO5. The molecule has 0 rings (SSSR count). The van der Waals surface area contributed by atoms with Gasteiger partial charge in [0.05, 0.1) is 0 Å². The minimum absolute atomic E-state index is 0.803. The summed E-state index contributed by atoms with van der Waals surface area (Å²) in [5, 5.41) is 18.8. The highest BCUT2D eigenvalue weighted by Crippen LogP contribution is 1.95. The van der Waals surface area contributed by atoms with Crippen molar-refractivity contribution in [2.75, 3.05) is 0 Å². The van der Waals surface area contributed by atoms with E-state index in [2.05, 4.69) is 0 Å². The fourth-order valence-corrected chi connectivity index (χ4v) is 0.512. The Balaban J connectivity index is 4.15. The summed E-state index contributed by atoms with van der Waals surface area (Å²) in [5.74, 6) is -4.52. The SMILES string of the molecule is CC(NC(=O)C(C)C(=O)O)C(=O)O. The molecule has 0 aromatic heterocycles. The highest BCUT2D eigenvalue weighted by Gasteiger charge is 2.23. The first-order valence-electron chi connectivity index (χ1n) is 3.62. The predicted molar refractivity (Wildman–Crippen MR) is 42.0 cm³/mol. The Bertz CT molecular complexity index is 237. The van der Waals surface area contributed by atoms with Gasteiger partial charge in [-0.1, -0.05) is 0 Å². The van der Waals surface area contributed by atoms with Crippen LogP contribution in [0.4, 0.5) is 0 Å². The lowest BCUT2D eigenvalue weighted by Crippen LogP contribution is -2.42. The molecule has 0 aromatic rings. The normalized spacial score (nSPS) is 14.3. The van der Waals surface area contributed by atoms with E-state index in [1.165, 1.54) is 13.8 Å². The Morgan fingerprint density at radius 1 is 1.08 bits per heavy atom. The number of carboxylic acid groups (broad SMARTS) is 2. The van der Waals surface area contributed by atoms with Gasteiger partial charge in [0.25, 0.3) is 0 Å². The van der Waals surface area contributed by atoms with Gasteiger partial charge in [0.15, 0.2) is 0 Å². The van der Waals surface area contributed by atoms with Crippen LogP contribution >= 0.6 is 0 Å². The second-order valence-electron chi connectivity index (χ2n) is 2.63. The van der Waals surface area contributed by atoms with Gasteiger partial charge in [-0.05, 0) is 13.8 Å². The third-order valence-corrected chi connectivity index (χ3v) is 1.49. The van der Waals surface area contributed by atoms with Crippen molar-refractivity contribution in [3.05, 3.63) is 0 Å². The van der Waals surface area contributed by atoms with Gasteiger partial charge in [-0.2, -0.15) is 0 Å². The average Bonchev–Trinajstić information content (AvgIpc) is 2.02. The van der Waals surface area contributed by atoms with Crippen molar-refractivity contribution in [2.24, 2.45) is 5.92 Å². The average molecular weight is 189 g/mol. The maximum atomic E-state index is 10.9. The Morgan fingerprint density at radius 3 is 1.85 bits per heavy atom. The van der Waals surface area contributed by atoms with Crippen LogP contribution in [0.5, 0.6) is 0 Å². The Kier molecular flexibility index (Phi) is 3.90. The molecular weight excluding hydrogens is 178 g/mol. The molecule has 2 unspecified atom stereocenters. The molecule has 74 valence electrons. The first-order valence-corrected chi connectivity index (χ1v) is 3.62. The Morgan fingerprint density at radius 2 is 1.54 bits per heavy atom. The van der Waals surface area contributed by atoms with Crippen LogP contribution in [0.15, 0.2) is 0 Å². The van der Waals surface area contributed by atoms with Crippen LogP contribution in [0.1, 0.15) is 13.8 Å². The molecule has 0 fully saturated rings. The van der Waals surface area contributed by atoms with Crippen molar-refractivity contribution in [3.8, 4) is 0 Å². The highest BCUT2D eigenvalue weighted by molar-refractivity contribution is 5.97. The first kappa shape index (κ1) is 11.4. The number of rotatable bonds is 4. The summed E-state index contributed by atoms with van der Waals surface area (Å²) >= 11 is 0. The maximum Gasteiger partial charge on any atom is 0.325 e. The van der Waals surface area contributed by atoms with E-state index in [0.29, 0.717) is 0 Å². The molecule has 13 heavy (non-hydrogen) atoms. The third kappa shape index (κ3) is 3.55. The summed E-state index contributed by atoms with van der Waals surface area (Å²) in [4.78, 5) is 31.5. The molecule has 0 aliphatic rings. The van der Waals surface area contributed by atoms with Crippen molar-refractivity contribution in [2.45, 2.75) is 19.9 Å². The lowest BCUT2D eigenvalue weighted by Gasteiger charge is -2.11. The van der Waals surface area contributed by atoms with Gasteiger partial charge in [0.2, 0.25) is 5.91 Å². The number of aliphatic carboxylic acids is 2. The van der Waals surface area contributed by atoms with Crippen molar-refractivity contribution in [1.82, 2.24) is 5.32 Å². The molecule has 6 heteroatoms. The minimum Gasteiger partial charge on any atom is -0.481 e. The number of carboxylic acids is 2. The van der Waals surface area contributed by atoms with E-state index >= 15 is 0 Å². The van der Waals surface area contributed by atoms with Crippen LogP contribution < -0.4 is 5.32 Å². The lowest BCUT2D eigenvalue weighted by atomic mass is 10.1.